The van der Waals surface area contributed by atoms with Gasteiger partial charge in [-0.2, -0.15) is 0 Å². The van der Waals surface area contributed by atoms with Gasteiger partial charge in [0.05, 0.1) is 12.2 Å². The molecule has 1 heterocycles. The second-order valence-corrected chi connectivity index (χ2v) is 6.04. The average molecular weight is 334 g/mol. The molecular formula is C19H22N6. The van der Waals surface area contributed by atoms with Crippen molar-refractivity contribution in [1.82, 2.24) is 9.97 Å². The van der Waals surface area contributed by atoms with Crippen LogP contribution in [0.3, 0.4) is 0 Å². The van der Waals surface area contributed by atoms with Gasteiger partial charge in [-0.3, -0.25) is 5.01 Å². The van der Waals surface area contributed by atoms with Crippen LogP contribution >= 0.6 is 0 Å². The molecule has 6 heteroatoms. The van der Waals surface area contributed by atoms with E-state index in [2.05, 4.69) is 9.97 Å². The van der Waals surface area contributed by atoms with Crippen molar-refractivity contribution in [3.05, 3.63) is 65.5 Å². The highest BCUT2D eigenvalue weighted by molar-refractivity contribution is 5.80. The maximum absolute atomic E-state index is 6.32. The Kier molecular flexibility index (Phi) is 4.54. The number of benzene rings is 2. The molecule has 6 nitrogen and oxygen atoms in total. The van der Waals surface area contributed by atoms with Crippen LogP contribution in [0.15, 0.2) is 48.5 Å². The van der Waals surface area contributed by atoms with E-state index in [0.29, 0.717) is 29.6 Å². The second kappa shape index (κ2) is 6.78. The molecule has 128 valence electrons. The van der Waals surface area contributed by atoms with Gasteiger partial charge in [0, 0.05) is 11.3 Å². The topological polar surface area (TPSA) is 107 Å². The molecule has 0 aliphatic carbocycles. The van der Waals surface area contributed by atoms with Crippen molar-refractivity contribution in [3.8, 4) is 11.3 Å². The van der Waals surface area contributed by atoms with Crippen molar-refractivity contribution < 1.29 is 0 Å². The number of aryl methyl sites for hydroxylation is 2. The molecule has 25 heavy (non-hydrogen) atoms. The minimum atomic E-state index is 0.444. The van der Waals surface area contributed by atoms with Gasteiger partial charge in [0.15, 0.2) is 5.82 Å². The predicted molar refractivity (Wildman–Crippen MR) is 103 cm³/mol. The monoisotopic (exact) mass is 334 g/mol. The summed E-state index contributed by atoms with van der Waals surface area (Å²) in [4.78, 5) is 8.91. The Balaban J connectivity index is 1.96. The lowest BCUT2D eigenvalue weighted by Gasteiger charge is -2.21. The summed E-state index contributed by atoms with van der Waals surface area (Å²) in [5.74, 6) is 7.37. The Morgan fingerprint density at radius 3 is 2.36 bits per heavy atom. The van der Waals surface area contributed by atoms with Crippen molar-refractivity contribution in [1.29, 1.82) is 0 Å². The molecule has 0 fully saturated rings. The SMILES string of the molecule is Cc1nc(-c2ccccc2)c(N)c(N(N)Cc2ccc(C)c(N)c2)n1. The van der Waals surface area contributed by atoms with Crippen LogP contribution in [0.1, 0.15) is 17.0 Å². The lowest BCUT2D eigenvalue weighted by molar-refractivity contribution is 0.824. The number of anilines is 3. The zero-order valence-corrected chi connectivity index (χ0v) is 14.4. The van der Waals surface area contributed by atoms with Crippen LogP contribution in [0.25, 0.3) is 11.3 Å². The molecule has 0 saturated heterocycles. The van der Waals surface area contributed by atoms with Crippen molar-refractivity contribution in [2.45, 2.75) is 20.4 Å². The first-order chi connectivity index (χ1) is 12.0. The molecule has 0 aliphatic rings. The second-order valence-electron chi connectivity index (χ2n) is 6.04. The molecule has 6 N–H and O–H groups in total. The number of nitrogen functional groups attached to an aromatic ring is 2. The number of hydrogen-bond donors (Lipinski definition) is 3. The Hall–Kier alpha value is -3.12. The maximum atomic E-state index is 6.32. The number of hydrogen-bond acceptors (Lipinski definition) is 6. The fraction of sp³-hybridized carbons (Fsp3) is 0.158. The van der Waals surface area contributed by atoms with Gasteiger partial charge < -0.3 is 11.5 Å². The number of rotatable bonds is 4. The molecule has 3 aromatic rings. The van der Waals surface area contributed by atoms with Gasteiger partial charge in [-0.1, -0.05) is 42.5 Å². The first kappa shape index (κ1) is 16.7. The largest absolute Gasteiger partial charge is 0.399 e. The first-order valence-electron chi connectivity index (χ1n) is 8.02. The normalized spacial score (nSPS) is 10.7. The molecule has 2 aromatic carbocycles. The third kappa shape index (κ3) is 3.54. The molecular weight excluding hydrogens is 312 g/mol. The van der Waals surface area contributed by atoms with Gasteiger partial charge in [0.1, 0.15) is 11.5 Å². The highest BCUT2D eigenvalue weighted by Crippen LogP contribution is 2.30. The molecule has 1 aromatic heterocycles. The fourth-order valence-corrected chi connectivity index (χ4v) is 2.66. The standard InChI is InChI=1S/C19H22N6/c1-12-8-9-14(10-16(12)20)11-25(22)19-17(21)18(23-13(2)24-19)15-6-4-3-5-7-15/h3-10H,11,20-22H2,1-2H3. The van der Waals surface area contributed by atoms with Gasteiger partial charge in [0.2, 0.25) is 0 Å². The summed E-state index contributed by atoms with van der Waals surface area (Å²) in [6.45, 7) is 4.24. The van der Waals surface area contributed by atoms with Crippen molar-refractivity contribution in [3.63, 3.8) is 0 Å². The minimum Gasteiger partial charge on any atom is -0.399 e. The van der Waals surface area contributed by atoms with Crippen LogP contribution in [0.4, 0.5) is 17.2 Å². The molecule has 0 amide bonds. The molecule has 0 saturated carbocycles. The average Bonchev–Trinajstić information content (AvgIpc) is 2.60. The zero-order valence-electron chi connectivity index (χ0n) is 14.4. The van der Waals surface area contributed by atoms with E-state index in [0.717, 1.165) is 22.4 Å². The summed E-state index contributed by atoms with van der Waals surface area (Å²) < 4.78 is 0. The quantitative estimate of drug-likeness (QED) is 0.385. The molecule has 0 radical (unpaired) electrons. The fourth-order valence-electron chi connectivity index (χ4n) is 2.66. The summed E-state index contributed by atoms with van der Waals surface area (Å²) in [6, 6.07) is 15.6. The highest BCUT2D eigenvalue weighted by Gasteiger charge is 2.16. The van der Waals surface area contributed by atoms with Crippen LogP contribution in [0.2, 0.25) is 0 Å². The zero-order chi connectivity index (χ0) is 18.0. The molecule has 0 atom stereocenters. The number of hydrazine groups is 1. The predicted octanol–water partition coefficient (Wildman–Crippen LogP) is 2.81. The van der Waals surface area contributed by atoms with Crippen LogP contribution < -0.4 is 22.3 Å². The van der Waals surface area contributed by atoms with Gasteiger partial charge >= 0.3 is 0 Å². The van der Waals surface area contributed by atoms with Gasteiger partial charge in [-0.25, -0.2) is 15.8 Å². The lowest BCUT2D eigenvalue weighted by Crippen LogP contribution is -2.32. The van der Waals surface area contributed by atoms with Crippen molar-refractivity contribution in [2.24, 2.45) is 5.84 Å². The summed E-state index contributed by atoms with van der Waals surface area (Å²) in [7, 11) is 0. The molecule has 0 aliphatic heterocycles. The third-order valence-electron chi connectivity index (χ3n) is 4.05. The van der Waals surface area contributed by atoms with Gasteiger partial charge in [-0.05, 0) is 31.0 Å². The Bertz CT molecular complexity index is 892. The van der Waals surface area contributed by atoms with E-state index >= 15 is 0 Å². The summed E-state index contributed by atoms with van der Waals surface area (Å²) >= 11 is 0. The van der Waals surface area contributed by atoms with E-state index < -0.39 is 0 Å². The Labute approximate surface area is 147 Å². The molecule has 0 bridgehead atoms. The maximum Gasteiger partial charge on any atom is 0.170 e. The van der Waals surface area contributed by atoms with E-state index in [1.165, 1.54) is 5.01 Å². The van der Waals surface area contributed by atoms with Crippen LogP contribution in [-0.2, 0) is 6.54 Å². The number of nitrogens with zero attached hydrogens (tertiary/aromatic N) is 3. The van der Waals surface area contributed by atoms with E-state index in [9.17, 15) is 0 Å². The van der Waals surface area contributed by atoms with Gasteiger partial charge in [0.25, 0.3) is 0 Å². The van der Waals surface area contributed by atoms with Crippen LogP contribution in [-0.4, -0.2) is 9.97 Å². The third-order valence-corrected chi connectivity index (χ3v) is 4.05. The number of aromatic nitrogens is 2. The van der Waals surface area contributed by atoms with Crippen molar-refractivity contribution >= 4 is 17.2 Å². The molecule has 3 rings (SSSR count). The highest BCUT2D eigenvalue weighted by atomic mass is 15.4. The summed E-state index contributed by atoms with van der Waals surface area (Å²) in [6.07, 6.45) is 0. The van der Waals surface area contributed by atoms with E-state index in [4.69, 9.17) is 17.3 Å². The smallest absolute Gasteiger partial charge is 0.170 e. The Morgan fingerprint density at radius 1 is 0.960 bits per heavy atom. The minimum absolute atomic E-state index is 0.444. The number of nitrogens with two attached hydrogens (primary N) is 3. The van der Waals surface area contributed by atoms with Crippen LogP contribution in [0, 0.1) is 13.8 Å². The Morgan fingerprint density at radius 2 is 1.68 bits per heavy atom. The lowest BCUT2D eigenvalue weighted by atomic mass is 10.1. The van der Waals surface area contributed by atoms with E-state index in [-0.39, 0.29) is 0 Å². The first-order valence-corrected chi connectivity index (χ1v) is 8.02. The molecule has 0 spiro atoms. The van der Waals surface area contributed by atoms with E-state index in [1.807, 2.05) is 62.4 Å². The van der Waals surface area contributed by atoms with Crippen LogP contribution in [0.5, 0.6) is 0 Å². The van der Waals surface area contributed by atoms with E-state index in [1.54, 1.807) is 0 Å². The molecule has 0 unspecified atom stereocenters. The van der Waals surface area contributed by atoms with Gasteiger partial charge in [-0.15, -0.1) is 0 Å². The summed E-state index contributed by atoms with van der Waals surface area (Å²) in [5, 5.41) is 1.53. The van der Waals surface area contributed by atoms with Crippen molar-refractivity contribution in [2.75, 3.05) is 16.5 Å². The summed E-state index contributed by atoms with van der Waals surface area (Å²) in [5.41, 5.74) is 17.1.